The third-order valence-electron chi connectivity index (χ3n) is 3.93. The maximum absolute atomic E-state index is 13.6. The molecule has 0 fully saturated rings. The minimum Gasteiger partial charge on any atom is -0.350 e. The Morgan fingerprint density at radius 3 is 2.31 bits per heavy atom. The molecule has 0 atom stereocenters. The highest BCUT2D eigenvalue weighted by molar-refractivity contribution is 5.93. The first kappa shape index (κ1) is 20.4. The van der Waals surface area contributed by atoms with Gasteiger partial charge in [-0.2, -0.15) is 13.2 Å². The molecule has 3 rings (SSSR count). The van der Waals surface area contributed by atoms with Crippen LogP contribution < -0.4 is 5.32 Å². The average Bonchev–Trinajstić information content (AvgIpc) is 3.10. The molecule has 0 radical (unpaired) electrons. The van der Waals surface area contributed by atoms with Crippen molar-refractivity contribution in [3.8, 4) is 5.69 Å². The van der Waals surface area contributed by atoms with Crippen LogP contribution in [-0.2, 0) is 12.6 Å². The Hall–Kier alpha value is -3.37. The molecule has 0 aliphatic carbocycles. The van der Waals surface area contributed by atoms with E-state index in [2.05, 4.69) is 15.6 Å². The van der Waals surface area contributed by atoms with Crippen LogP contribution in [0.4, 0.5) is 26.3 Å². The molecule has 11 heteroatoms. The van der Waals surface area contributed by atoms with Gasteiger partial charge in [-0.15, -0.1) is 5.10 Å². The Labute approximate surface area is 160 Å². The summed E-state index contributed by atoms with van der Waals surface area (Å²) in [7, 11) is 0. The Kier molecular flexibility index (Phi) is 5.57. The number of halogens is 6. The number of alkyl halides is 3. The second-order valence-corrected chi connectivity index (χ2v) is 5.88. The number of rotatable bonds is 5. The van der Waals surface area contributed by atoms with Crippen molar-refractivity contribution >= 4 is 5.91 Å². The molecule has 0 bridgehead atoms. The molecular formula is C18H12F6N4O. The molecule has 2 aromatic carbocycles. The number of benzene rings is 2. The predicted octanol–water partition coefficient (Wildman–Crippen LogP) is 3.68. The number of hydrogen-bond acceptors (Lipinski definition) is 3. The van der Waals surface area contributed by atoms with E-state index in [1.165, 1.54) is 6.07 Å². The third kappa shape index (κ3) is 4.39. The molecule has 152 valence electrons. The Balaban J connectivity index is 1.84. The number of nitrogens with zero attached hydrogens (tertiary/aromatic N) is 3. The lowest BCUT2D eigenvalue weighted by Gasteiger charge is -2.11. The summed E-state index contributed by atoms with van der Waals surface area (Å²) < 4.78 is 81.3. The summed E-state index contributed by atoms with van der Waals surface area (Å²) >= 11 is 0. The van der Waals surface area contributed by atoms with E-state index in [0.29, 0.717) is 4.68 Å². The standard InChI is InChI=1S/C18H12F6N4O/c19-10-3-1-4-11(9-10)28-16(18(22,23)24)15(26-27-28)17(29)25-8-7-12-13(20)5-2-6-14(12)21/h1-6,9H,7-8H2,(H,25,29). The van der Waals surface area contributed by atoms with Gasteiger partial charge in [0, 0.05) is 12.1 Å². The van der Waals surface area contributed by atoms with Crippen LogP contribution in [0.25, 0.3) is 5.69 Å². The van der Waals surface area contributed by atoms with E-state index in [1.54, 1.807) is 0 Å². The largest absolute Gasteiger partial charge is 0.435 e. The monoisotopic (exact) mass is 414 g/mol. The van der Waals surface area contributed by atoms with Crippen LogP contribution in [0.1, 0.15) is 21.7 Å². The van der Waals surface area contributed by atoms with Gasteiger partial charge in [0.2, 0.25) is 0 Å². The SMILES string of the molecule is O=C(NCCc1c(F)cccc1F)c1nnn(-c2cccc(F)c2)c1C(F)(F)F. The number of carbonyl (C=O) groups excluding carboxylic acids is 1. The van der Waals surface area contributed by atoms with Crippen molar-refractivity contribution in [3.63, 3.8) is 0 Å². The van der Waals surface area contributed by atoms with E-state index in [9.17, 15) is 31.1 Å². The first-order valence-electron chi connectivity index (χ1n) is 8.18. The van der Waals surface area contributed by atoms with Gasteiger partial charge in [0.25, 0.3) is 5.91 Å². The minimum absolute atomic E-state index is 0.280. The fraction of sp³-hybridized carbons (Fsp3) is 0.167. The van der Waals surface area contributed by atoms with E-state index < -0.39 is 40.9 Å². The third-order valence-corrected chi connectivity index (χ3v) is 3.93. The zero-order valence-electron chi connectivity index (χ0n) is 14.5. The van der Waals surface area contributed by atoms with Crippen LogP contribution in [0.2, 0.25) is 0 Å². The highest BCUT2D eigenvalue weighted by atomic mass is 19.4. The first-order chi connectivity index (χ1) is 13.7. The van der Waals surface area contributed by atoms with Crippen molar-refractivity contribution in [2.75, 3.05) is 6.54 Å². The summed E-state index contributed by atoms with van der Waals surface area (Å²) in [6, 6.07) is 7.37. The average molecular weight is 414 g/mol. The molecule has 0 aliphatic rings. The molecule has 3 aromatic rings. The van der Waals surface area contributed by atoms with Crippen LogP contribution in [0.15, 0.2) is 42.5 Å². The number of amides is 1. The number of nitrogens with one attached hydrogen (secondary N) is 1. The molecule has 0 aliphatic heterocycles. The minimum atomic E-state index is -5.03. The normalized spacial score (nSPS) is 11.5. The first-order valence-corrected chi connectivity index (χ1v) is 8.18. The highest BCUT2D eigenvalue weighted by Gasteiger charge is 2.42. The molecule has 0 saturated heterocycles. The molecule has 1 aromatic heterocycles. The lowest BCUT2D eigenvalue weighted by atomic mass is 10.1. The second-order valence-electron chi connectivity index (χ2n) is 5.88. The molecular weight excluding hydrogens is 402 g/mol. The van der Waals surface area contributed by atoms with Crippen molar-refractivity contribution in [1.29, 1.82) is 0 Å². The summed E-state index contributed by atoms with van der Waals surface area (Å²) in [6.07, 6.45) is -5.32. The van der Waals surface area contributed by atoms with Crippen LogP contribution in [0.5, 0.6) is 0 Å². The van der Waals surface area contributed by atoms with Crippen LogP contribution in [0.3, 0.4) is 0 Å². The predicted molar refractivity (Wildman–Crippen MR) is 88.7 cm³/mol. The molecule has 0 unspecified atom stereocenters. The van der Waals surface area contributed by atoms with E-state index in [0.717, 1.165) is 36.4 Å². The van der Waals surface area contributed by atoms with Gasteiger partial charge in [-0.1, -0.05) is 17.3 Å². The van der Waals surface area contributed by atoms with Gasteiger partial charge in [-0.25, -0.2) is 17.9 Å². The van der Waals surface area contributed by atoms with Crippen LogP contribution in [-0.4, -0.2) is 27.4 Å². The van der Waals surface area contributed by atoms with E-state index in [1.807, 2.05) is 0 Å². The van der Waals surface area contributed by atoms with Crippen LogP contribution in [0, 0.1) is 17.5 Å². The molecule has 5 nitrogen and oxygen atoms in total. The fourth-order valence-corrected chi connectivity index (χ4v) is 2.63. The Morgan fingerprint density at radius 1 is 1.03 bits per heavy atom. The molecule has 0 spiro atoms. The van der Waals surface area contributed by atoms with Gasteiger partial charge in [0.15, 0.2) is 11.4 Å². The summed E-state index contributed by atoms with van der Waals surface area (Å²) in [4.78, 5) is 12.2. The number of aromatic nitrogens is 3. The van der Waals surface area contributed by atoms with Gasteiger partial charge >= 0.3 is 6.18 Å². The fourth-order valence-electron chi connectivity index (χ4n) is 2.63. The van der Waals surface area contributed by atoms with E-state index in [-0.39, 0.29) is 24.2 Å². The number of carbonyl (C=O) groups is 1. The summed E-state index contributed by atoms with van der Waals surface area (Å²) in [5.41, 5.74) is -3.14. The lowest BCUT2D eigenvalue weighted by Crippen LogP contribution is -2.29. The lowest BCUT2D eigenvalue weighted by molar-refractivity contribution is -0.143. The summed E-state index contributed by atoms with van der Waals surface area (Å²) in [5, 5.41) is 8.70. The van der Waals surface area contributed by atoms with Crippen molar-refractivity contribution < 1.29 is 31.1 Å². The van der Waals surface area contributed by atoms with Gasteiger partial charge < -0.3 is 5.32 Å². The maximum atomic E-state index is 13.6. The molecule has 0 saturated carbocycles. The molecule has 1 heterocycles. The second kappa shape index (κ2) is 7.94. The van der Waals surface area contributed by atoms with E-state index >= 15 is 0 Å². The zero-order chi connectivity index (χ0) is 21.2. The Bertz CT molecular complexity index is 1030. The summed E-state index contributed by atoms with van der Waals surface area (Å²) in [5.74, 6) is -3.72. The van der Waals surface area contributed by atoms with Gasteiger partial charge in [0.05, 0.1) is 5.69 Å². The molecule has 1 N–H and O–H groups in total. The van der Waals surface area contributed by atoms with Gasteiger partial charge in [0.1, 0.15) is 17.5 Å². The van der Waals surface area contributed by atoms with Gasteiger partial charge in [-0.3, -0.25) is 4.79 Å². The van der Waals surface area contributed by atoms with Crippen molar-refractivity contribution in [1.82, 2.24) is 20.3 Å². The van der Waals surface area contributed by atoms with Crippen LogP contribution >= 0.6 is 0 Å². The quantitative estimate of drug-likeness (QED) is 0.648. The molecule has 29 heavy (non-hydrogen) atoms. The van der Waals surface area contributed by atoms with Crippen molar-refractivity contribution in [3.05, 3.63) is 76.9 Å². The maximum Gasteiger partial charge on any atom is 0.435 e. The zero-order valence-corrected chi connectivity index (χ0v) is 14.5. The van der Waals surface area contributed by atoms with Crippen molar-refractivity contribution in [2.45, 2.75) is 12.6 Å². The Morgan fingerprint density at radius 2 is 1.69 bits per heavy atom. The smallest absolute Gasteiger partial charge is 0.350 e. The highest BCUT2D eigenvalue weighted by Crippen LogP contribution is 2.32. The molecule has 1 amide bonds. The topological polar surface area (TPSA) is 59.8 Å². The summed E-state index contributed by atoms with van der Waals surface area (Å²) in [6.45, 7) is -0.346. The number of hydrogen-bond donors (Lipinski definition) is 1. The van der Waals surface area contributed by atoms with Gasteiger partial charge in [-0.05, 0) is 36.8 Å². The van der Waals surface area contributed by atoms with Crippen molar-refractivity contribution in [2.24, 2.45) is 0 Å². The van der Waals surface area contributed by atoms with E-state index in [4.69, 9.17) is 0 Å².